The molecule has 6 rings (SSSR count). The third kappa shape index (κ3) is 7.74. The molecule has 1 aliphatic heterocycles. The van der Waals surface area contributed by atoms with Gasteiger partial charge in [0.25, 0.3) is 0 Å². The largest absolute Gasteiger partial charge is 0.455 e. The van der Waals surface area contributed by atoms with Crippen LogP contribution < -0.4 is 10.6 Å². The highest BCUT2D eigenvalue weighted by molar-refractivity contribution is 5.94. The Labute approximate surface area is 348 Å². The lowest BCUT2D eigenvalue weighted by atomic mass is 9.45. The van der Waals surface area contributed by atoms with Crippen molar-refractivity contribution in [2.45, 2.75) is 116 Å². The van der Waals surface area contributed by atoms with Crippen LogP contribution in [0, 0.1) is 22.7 Å². The van der Waals surface area contributed by atoms with Crippen LogP contribution in [0.25, 0.3) is 0 Å². The van der Waals surface area contributed by atoms with Gasteiger partial charge in [0.2, 0.25) is 0 Å². The van der Waals surface area contributed by atoms with Gasteiger partial charge >= 0.3 is 29.9 Å². The lowest BCUT2D eigenvalue weighted by Crippen LogP contribution is -2.79. The molecule has 1 saturated carbocycles. The fraction of sp³-hybridized carbons (Fsp3) is 0.511. The number of urea groups is 1. The summed E-state index contributed by atoms with van der Waals surface area (Å²) in [6.45, 7) is 13.7. The molecule has 322 valence electrons. The number of aliphatic hydroxyl groups excluding tert-OH is 1. The van der Waals surface area contributed by atoms with Crippen LogP contribution in [0.3, 0.4) is 0 Å². The Morgan fingerprint density at radius 2 is 1.53 bits per heavy atom. The second kappa shape index (κ2) is 15.9. The molecular formula is C45H54N2O13. The normalized spacial score (nSPS) is 31.3. The van der Waals surface area contributed by atoms with Crippen molar-refractivity contribution in [3.63, 3.8) is 0 Å². The van der Waals surface area contributed by atoms with Gasteiger partial charge in [-0.25, -0.2) is 14.4 Å². The SMILES string of the molecule is CC(=O)O[C@H]1C(=O)[C@]2(C)C=C[C@H]3OC[C@@]3(OC(C)=O)[C@H]2[C@H](OC(=O)c2ccccc2)[C@]2(O)CC(OC(=O)[C@H](O)[C@@H](NC(=O)NC(C)(C)C)c3ccccc3)=C(C)C1C2(C)C. The molecule has 2 bridgehead atoms. The summed E-state index contributed by atoms with van der Waals surface area (Å²) in [5.41, 5.74) is -7.18. The average molecular weight is 831 g/mol. The molecule has 4 N–H and O–H groups in total. The number of Topliss-reactive ketones (excluding diaryl/α,β-unsaturated/α-hetero) is 1. The molecular weight excluding hydrogens is 776 g/mol. The van der Waals surface area contributed by atoms with Crippen LogP contribution in [0.15, 0.2) is 84.1 Å². The van der Waals surface area contributed by atoms with Crippen LogP contribution in [0.5, 0.6) is 0 Å². The van der Waals surface area contributed by atoms with E-state index in [2.05, 4.69) is 10.6 Å². The standard InChI is InChI=1S/C45H54N2O13/c1-24-29(58-39(53)33(50)32(27-16-12-10-13-17-27)46-40(54)47-41(4,5)6)22-45(55)37(59-38(52)28-18-14-11-15-19-28)35-43(9,21-20-30-44(35,23-56-30)60-26(3)49)36(51)34(57-25(2)48)31(24)42(45,7)8/h10-21,30-35,37,50,55H,22-23H2,1-9H3,(H2,46,47,54)/t30-,31?,32+,33-,34-,35+,37+,43-,44+,45-/m1/s1. The van der Waals surface area contributed by atoms with Crippen LogP contribution in [0.1, 0.15) is 90.7 Å². The number of ketones is 1. The smallest absolute Gasteiger partial charge is 0.342 e. The van der Waals surface area contributed by atoms with E-state index in [1.54, 1.807) is 109 Å². The zero-order valence-electron chi connectivity index (χ0n) is 35.3. The third-order valence-electron chi connectivity index (χ3n) is 12.4. The maximum Gasteiger partial charge on any atom is 0.342 e. The molecule has 1 unspecified atom stereocenters. The Morgan fingerprint density at radius 3 is 2.08 bits per heavy atom. The third-order valence-corrected chi connectivity index (χ3v) is 12.4. The van der Waals surface area contributed by atoms with Gasteiger partial charge in [-0.15, -0.1) is 0 Å². The summed E-state index contributed by atoms with van der Waals surface area (Å²) in [5.74, 6) is -7.12. The van der Waals surface area contributed by atoms with E-state index in [-0.39, 0.29) is 23.5 Å². The molecule has 4 aliphatic rings. The summed E-state index contributed by atoms with van der Waals surface area (Å²) in [5, 5.41) is 30.7. The fourth-order valence-electron chi connectivity index (χ4n) is 9.54. The maximum atomic E-state index is 15.4. The van der Waals surface area contributed by atoms with Crippen molar-refractivity contribution >= 4 is 35.7 Å². The minimum Gasteiger partial charge on any atom is -0.455 e. The molecule has 15 heteroatoms. The van der Waals surface area contributed by atoms with Crippen molar-refractivity contribution in [1.29, 1.82) is 0 Å². The molecule has 2 aromatic rings. The lowest BCUT2D eigenvalue weighted by Gasteiger charge is -2.65. The van der Waals surface area contributed by atoms with Crippen molar-refractivity contribution in [3.05, 3.63) is 95.3 Å². The number of hydrogen-bond acceptors (Lipinski definition) is 13. The molecule has 10 atom stereocenters. The van der Waals surface area contributed by atoms with Crippen LogP contribution in [-0.4, -0.2) is 93.7 Å². The highest BCUT2D eigenvalue weighted by Crippen LogP contribution is 2.64. The number of ether oxygens (including phenoxy) is 5. The summed E-state index contributed by atoms with van der Waals surface area (Å²) in [7, 11) is 0. The van der Waals surface area contributed by atoms with E-state index in [0.29, 0.717) is 5.56 Å². The van der Waals surface area contributed by atoms with E-state index in [1.165, 1.54) is 19.1 Å². The zero-order chi connectivity index (χ0) is 44.2. The molecule has 2 aromatic carbocycles. The first-order chi connectivity index (χ1) is 28.0. The van der Waals surface area contributed by atoms with Gasteiger partial charge in [-0.3, -0.25) is 14.4 Å². The predicted molar refractivity (Wildman–Crippen MR) is 213 cm³/mol. The topological polar surface area (TPSA) is 213 Å². The molecule has 0 radical (unpaired) electrons. The number of hydrogen-bond donors (Lipinski definition) is 4. The van der Waals surface area contributed by atoms with E-state index < -0.39 is 112 Å². The number of carbonyl (C=O) groups is 6. The second-order valence-corrected chi connectivity index (χ2v) is 18.0. The Bertz CT molecular complexity index is 2110. The van der Waals surface area contributed by atoms with Gasteiger partial charge < -0.3 is 44.5 Å². The molecule has 1 heterocycles. The minimum absolute atomic E-state index is 0.116. The zero-order valence-corrected chi connectivity index (χ0v) is 35.3. The van der Waals surface area contributed by atoms with E-state index in [1.807, 2.05) is 0 Å². The van der Waals surface area contributed by atoms with Crippen LogP contribution >= 0.6 is 0 Å². The first-order valence-corrected chi connectivity index (χ1v) is 19.9. The van der Waals surface area contributed by atoms with Crippen molar-refractivity contribution in [3.8, 4) is 0 Å². The van der Waals surface area contributed by atoms with Gasteiger partial charge in [0.05, 0.1) is 29.5 Å². The number of benzene rings is 2. The number of fused-ring (bicyclic) bond motifs is 5. The average Bonchev–Trinajstić information content (AvgIpc) is 3.15. The highest BCUT2D eigenvalue weighted by Gasteiger charge is 2.76. The highest BCUT2D eigenvalue weighted by atomic mass is 16.6. The molecule has 0 aromatic heterocycles. The second-order valence-electron chi connectivity index (χ2n) is 18.0. The van der Waals surface area contributed by atoms with Crippen LogP contribution in [0.4, 0.5) is 4.79 Å². The predicted octanol–water partition coefficient (Wildman–Crippen LogP) is 4.41. The minimum atomic E-state index is -2.30. The van der Waals surface area contributed by atoms with Crippen molar-refractivity contribution in [2.75, 3.05) is 6.61 Å². The number of carbonyl (C=O) groups excluding carboxylic acids is 6. The number of esters is 4. The van der Waals surface area contributed by atoms with Crippen molar-refractivity contribution in [1.82, 2.24) is 10.6 Å². The summed E-state index contributed by atoms with van der Waals surface area (Å²) >= 11 is 0. The van der Waals surface area contributed by atoms with Gasteiger partial charge in [0.1, 0.15) is 23.6 Å². The van der Waals surface area contributed by atoms with Gasteiger partial charge in [-0.1, -0.05) is 74.5 Å². The number of aliphatic hydroxyl groups is 2. The summed E-state index contributed by atoms with van der Waals surface area (Å²) in [4.78, 5) is 82.8. The number of allylic oxidation sites excluding steroid dienone is 1. The lowest BCUT2D eigenvalue weighted by molar-refractivity contribution is -0.311. The first kappa shape index (κ1) is 44.2. The van der Waals surface area contributed by atoms with E-state index in [4.69, 9.17) is 23.7 Å². The molecule has 0 spiro atoms. The number of rotatable bonds is 9. The Morgan fingerprint density at radius 1 is 0.917 bits per heavy atom. The molecule has 3 aliphatic carbocycles. The Balaban J connectivity index is 1.52. The van der Waals surface area contributed by atoms with Crippen molar-refractivity contribution < 1.29 is 62.7 Å². The van der Waals surface area contributed by atoms with Gasteiger partial charge in [-0.05, 0) is 57.9 Å². The summed E-state index contributed by atoms with van der Waals surface area (Å²) in [6, 6.07) is 14.3. The fourth-order valence-corrected chi connectivity index (χ4v) is 9.54. The summed E-state index contributed by atoms with van der Waals surface area (Å²) < 4.78 is 30.3. The van der Waals surface area contributed by atoms with E-state index >= 15 is 4.79 Å². The molecule has 2 fully saturated rings. The number of nitrogens with one attached hydrogen (secondary N) is 2. The molecule has 1 saturated heterocycles. The maximum absolute atomic E-state index is 15.4. The van der Waals surface area contributed by atoms with Crippen molar-refractivity contribution in [2.24, 2.45) is 22.7 Å². The van der Waals surface area contributed by atoms with E-state index in [9.17, 15) is 34.2 Å². The van der Waals surface area contributed by atoms with Gasteiger partial charge in [0, 0.05) is 37.1 Å². The molecule has 2 amide bonds. The quantitative estimate of drug-likeness (QED) is 0.157. The number of amides is 2. The Kier molecular flexibility index (Phi) is 11.7. The Hall–Kier alpha value is -5.38. The molecule has 15 nitrogen and oxygen atoms in total. The monoisotopic (exact) mass is 830 g/mol. The van der Waals surface area contributed by atoms with Crippen LogP contribution in [-0.2, 0) is 42.9 Å². The first-order valence-electron chi connectivity index (χ1n) is 19.9. The van der Waals surface area contributed by atoms with Gasteiger partial charge in [-0.2, -0.15) is 0 Å². The van der Waals surface area contributed by atoms with Gasteiger partial charge in [0.15, 0.2) is 23.6 Å². The molecule has 60 heavy (non-hydrogen) atoms. The van der Waals surface area contributed by atoms with E-state index in [0.717, 1.165) is 6.92 Å². The summed E-state index contributed by atoms with van der Waals surface area (Å²) in [6.07, 6.45) is -3.69. The van der Waals surface area contributed by atoms with Crippen LogP contribution in [0.2, 0.25) is 0 Å².